The van der Waals surface area contributed by atoms with Crippen LogP contribution in [0, 0.1) is 6.92 Å². The molecule has 1 heterocycles. The van der Waals surface area contributed by atoms with Gasteiger partial charge >= 0.3 is 12.1 Å². The van der Waals surface area contributed by atoms with Gasteiger partial charge in [0.15, 0.2) is 5.81 Å². The van der Waals surface area contributed by atoms with Crippen LogP contribution in [0.25, 0.3) is 0 Å². The van der Waals surface area contributed by atoms with Crippen LogP contribution < -0.4 is 10.6 Å². The summed E-state index contributed by atoms with van der Waals surface area (Å²) in [6, 6.07) is 6.70. The molecule has 0 spiro atoms. The van der Waals surface area contributed by atoms with Crippen molar-refractivity contribution in [3.63, 3.8) is 0 Å². The normalized spacial score (nSPS) is 13.4. The van der Waals surface area contributed by atoms with Crippen LogP contribution in [0.3, 0.4) is 0 Å². The average Bonchev–Trinajstić information content (AvgIpc) is 3.10. The molecule has 3 rings (SSSR count). The summed E-state index contributed by atoms with van der Waals surface area (Å²) in [7, 11) is 1.21. The largest absolute Gasteiger partial charge is 0.416 e. The van der Waals surface area contributed by atoms with Crippen molar-refractivity contribution < 1.29 is 41.1 Å². The first-order valence-electron chi connectivity index (χ1n) is 11.3. The van der Waals surface area contributed by atoms with E-state index >= 15 is 0 Å². The first-order valence-corrected chi connectivity index (χ1v) is 11.3. The minimum Gasteiger partial charge on any atom is -0.346 e. The third-order valence-corrected chi connectivity index (χ3v) is 5.75. The smallest absolute Gasteiger partial charge is 0.346 e. The van der Waals surface area contributed by atoms with Crippen LogP contribution in [-0.4, -0.2) is 42.8 Å². The molecule has 2 N–H and O–H groups in total. The Labute approximate surface area is 209 Å². The van der Waals surface area contributed by atoms with E-state index in [0.717, 1.165) is 6.07 Å². The summed E-state index contributed by atoms with van der Waals surface area (Å²) in [5.74, 6) is -7.55. The number of alkyl halides is 5. The number of amides is 4. The van der Waals surface area contributed by atoms with E-state index in [1.54, 1.807) is 6.07 Å². The van der Waals surface area contributed by atoms with E-state index in [-0.39, 0.29) is 31.0 Å². The predicted molar refractivity (Wildman–Crippen MR) is 124 cm³/mol. The van der Waals surface area contributed by atoms with Crippen molar-refractivity contribution in [1.82, 2.24) is 15.5 Å². The van der Waals surface area contributed by atoms with E-state index < -0.39 is 47.4 Å². The number of aryl methyl sites for hydroxylation is 1. The number of imide groups is 1. The molecule has 1 aliphatic heterocycles. The number of nitrogens with zero attached hydrogens (tertiary/aromatic N) is 1. The van der Waals surface area contributed by atoms with Gasteiger partial charge in [0.05, 0.1) is 5.56 Å². The molecule has 0 unspecified atom stereocenters. The quantitative estimate of drug-likeness (QED) is 0.411. The lowest BCUT2D eigenvalue weighted by atomic mass is 9.98. The van der Waals surface area contributed by atoms with Crippen molar-refractivity contribution in [2.24, 2.45) is 0 Å². The highest BCUT2D eigenvalue weighted by Crippen LogP contribution is 2.40. The highest BCUT2D eigenvalue weighted by atomic mass is 19.4. The molecule has 7 nitrogen and oxygen atoms in total. The second-order valence-electron chi connectivity index (χ2n) is 8.73. The summed E-state index contributed by atoms with van der Waals surface area (Å²) < 4.78 is 69.4. The van der Waals surface area contributed by atoms with Crippen molar-refractivity contribution in [3.05, 3.63) is 69.8 Å². The molecule has 0 aliphatic carbocycles. The zero-order valence-corrected chi connectivity index (χ0v) is 20.0. The number of carbonyl (C=O) groups excluding carboxylic acids is 4. The fraction of sp³-hybridized carbons (Fsp3) is 0.333. The van der Waals surface area contributed by atoms with E-state index in [9.17, 15) is 41.1 Å². The molecule has 0 fully saturated rings. The molecule has 0 saturated carbocycles. The maximum absolute atomic E-state index is 14.7. The van der Waals surface area contributed by atoms with Crippen LogP contribution in [0.5, 0.6) is 0 Å². The number of carbonyl (C=O) groups is 4. The van der Waals surface area contributed by atoms with Gasteiger partial charge in [0.25, 0.3) is 11.8 Å². The van der Waals surface area contributed by atoms with Crippen LogP contribution in [0.1, 0.15) is 51.0 Å². The summed E-state index contributed by atoms with van der Waals surface area (Å²) in [5, 5.41) is 4.12. The number of benzene rings is 2. The van der Waals surface area contributed by atoms with Crippen molar-refractivity contribution in [1.29, 1.82) is 0 Å². The van der Waals surface area contributed by atoms with Crippen molar-refractivity contribution in [2.75, 3.05) is 6.54 Å². The highest BCUT2D eigenvalue weighted by molar-refractivity contribution is 6.58. The van der Waals surface area contributed by atoms with E-state index in [1.165, 1.54) is 31.8 Å². The Bertz CT molecular complexity index is 1250. The second kappa shape index (κ2) is 10.7. The first kappa shape index (κ1) is 27.8. The van der Waals surface area contributed by atoms with Gasteiger partial charge in [-0.15, -0.1) is 0 Å². The fourth-order valence-electron chi connectivity index (χ4n) is 4.00. The molecule has 196 valence electrons. The van der Waals surface area contributed by atoms with Crippen LogP contribution in [0.4, 0.5) is 26.7 Å². The van der Waals surface area contributed by atoms with Crippen molar-refractivity contribution >= 4 is 31.4 Å². The molecule has 2 aromatic carbocycles. The zero-order valence-electron chi connectivity index (χ0n) is 20.0. The fourth-order valence-corrected chi connectivity index (χ4v) is 4.00. The molecule has 2 aromatic rings. The van der Waals surface area contributed by atoms with Gasteiger partial charge < -0.3 is 15.5 Å². The Morgan fingerprint density at radius 2 is 1.73 bits per heavy atom. The average molecular weight is 523 g/mol. The van der Waals surface area contributed by atoms with Gasteiger partial charge in [-0.2, -0.15) is 22.0 Å². The van der Waals surface area contributed by atoms with Crippen molar-refractivity contribution in [2.45, 2.75) is 45.0 Å². The molecule has 13 heteroatoms. The molecule has 0 aromatic heterocycles. The van der Waals surface area contributed by atoms with E-state index in [0.29, 0.717) is 35.2 Å². The molecule has 0 bridgehead atoms. The number of hydrogen-bond donors (Lipinski definition) is 2. The van der Waals surface area contributed by atoms with Crippen LogP contribution in [0.2, 0.25) is 0 Å². The second-order valence-corrected chi connectivity index (χ2v) is 8.73. The van der Waals surface area contributed by atoms with Gasteiger partial charge in [-0.05, 0) is 36.6 Å². The number of fused-ring (bicyclic) bond motifs is 1. The van der Waals surface area contributed by atoms with Crippen LogP contribution in [0.15, 0.2) is 36.4 Å². The molecule has 37 heavy (non-hydrogen) atoms. The monoisotopic (exact) mass is 523 g/mol. The standard InChI is InChI=1S/C24H23BF5N3O4/c1-13-4-7-17(18(9-13)24(28,29)30)23(26,27)21(36)31-11-14-5-6-16-15(10-14)12-33(20(16)35)8-2-3-19(34)32-22(25)37/h4-7,9-10H,2-3,8,11-12,25H2,1H3,(H,31,36)(H,32,34,37). The lowest BCUT2D eigenvalue weighted by Crippen LogP contribution is -2.39. The van der Waals surface area contributed by atoms with Gasteiger partial charge in [-0.25, -0.2) is 0 Å². The van der Waals surface area contributed by atoms with Gasteiger partial charge in [0.2, 0.25) is 13.8 Å². The third-order valence-electron chi connectivity index (χ3n) is 5.75. The van der Waals surface area contributed by atoms with Gasteiger partial charge in [-0.3, -0.25) is 19.2 Å². The summed E-state index contributed by atoms with van der Waals surface area (Å²) >= 11 is 0. The molecule has 1 aliphatic rings. The zero-order chi connectivity index (χ0) is 27.5. The Morgan fingerprint density at radius 1 is 1.03 bits per heavy atom. The molecular formula is C24H23BF5N3O4. The lowest BCUT2D eigenvalue weighted by molar-refractivity contribution is -0.153. The topological polar surface area (TPSA) is 95.6 Å². The molecule has 4 amide bonds. The molecule has 0 saturated heterocycles. The Hall–Kier alpha value is -3.77. The lowest BCUT2D eigenvalue weighted by Gasteiger charge is -2.21. The van der Waals surface area contributed by atoms with Gasteiger partial charge in [0, 0.05) is 37.2 Å². The summed E-state index contributed by atoms with van der Waals surface area (Å²) in [6.45, 7) is 1.37. The van der Waals surface area contributed by atoms with Crippen molar-refractivity contribution in [3.8, 4) is 0 Å². The van der Waals surface area contributed by atoms with E-state index in [1.807, 2.05) is 5.32 Å². The number of halogens is 5. The molecule has 0 radical (unpaired) electrons. The number of hydrogen-bond acceptors (Lipinski definition) is 4. The van der Waals surface area contributed by atoms with Gasteiger partial charge in [0.1, 0.15) is 0 Å². The Morgan fingerprint density at radius 3 is 2.38 bits per heavy atom. The maximum atomic E-state index is 14.7. The highest BCUT2D eigenvalue weighted by Gasteiger charge is 2.47. The Balaban J connectivity index is 1.64. The molecular weight excluding hydrogens is 500 g/mol. The van der Waals surface area contributed by atoms with Gasteiger partial charge in [-0.1, -0.05) is 29.8 Å². The number of rotatable bonds is 8. The van der Waals surface area contributed by atoms with Crippen LogP contribution >= 0.6 is 0 Å². The number of nitrogens with one attached hydrogen (secondary N) is 2. The maximum Gasteiger partial charge on any atom is 0.416 e. The SMILES string of the molecule is BC(=O)NC(=O)CCCN1Cc2cc(CNC(=O)C(F)(F)c3ccc(C)cc3C(F)(F)F)ccc2C1=O. The summed E-state index contributed by atoms with van der Waals surface area (Å²) in [6.07, 6.45) is -4.71. The van der Waals surface area contributed by atoms with Crippen LogP contribution in [-0.2, 0) is 34.8 Å². The Kier molecular flexibility index (Phi) is 8.04. The van der Waals surface area contributed by atoms with E-state index in [4.69, 9.17) is 0 Å². The van der Waals surface area contributed by atoms with E-state index in [2.05, 4.69) is 5.32 Å². The molecule has 0 atom stereocenters. The summed E-state index contributed by atoms with van der Waals surface area (Å²) in [5.41, 5.74) is -1.57. The minimum atomic E-state index is -5.07. The summed E-state index contributed by atoms with van der Waals surface area (Å²) in [4.78, 5) is 48.7. The predicted octanol–water partition coefficient (Wildman–Crippen LogP) is 3.03. The third kappa shape index (κ3) is 6.52. The first-order chi connectivity index (χ1) is 17.2. The minimum absolute atomic E-state index is 0.0439.